The molecular formula is C18H24N6O. The molecule has 1 saturated heterocycles. The number of hydrogen-bond donors (Lipinski definition) is 1. The first-order valence-electron chi connectivity index (χ1n) is 9.16. The number of nitrogens with one attached hydrogen (secondary N) is 1. The van der Waals surface area contributed by atoms with Crippen molar-refractivity contribution >= 4 is 5.91 Å². The van der Waals surface area contributed by atoms with Gasteiger partial charge in [0.2, 0.25) is 5.95 Å². The van der Waals surface area contributed by atoms with E-state index in [1.807, 2.05) is 17.7 Å². The fourth-order valence-corrected chi connectivity index (χ4v) is 3.55. The second kappa shape index (κ2) is 6.92. The Kier molecular flexibility index (Phi) is 4.48. The fourth-order valence-electron chi connectivity index (χ4n) is 3.55. The molecule has 3 heterocycles. The molecule has 132 valence electrons. The smallest absolute Gasteiger partial charge is 0.257 e. The standard InChI is InChI=1S/C18H24N6O/c1-2-16-20-9-10-23(16)18-21-11-13(12-22-18)17(25)24(14-3-4-14)15-5-7-19-8-6-15/h9-12,14-15,19H,2-8H2,1H3. The average molecular weight is 340 g/mol. The van der Waals surface area contributed by atoms with E-state index in [0.717, 1.165) is 51.0 Å². The number of piperidine rings is 1. The van der Waals surface area contributed by atoms with Crippen LogP contribution in [0.25, 0.3) is 5.95 Å². The van der Waals surface area contributed by atoms with Gasteiger partial charge in [0, 0.05) is 43.3 Å². The zero-order chi connectivity index (χ0) is 17.2. The summed E-state index contributed by atoms with van der Waals surface area (Å²) in [6.07, 6.45) is 12.0. The minimum Gasteiger partial charge on any atom is -0.332 e. The van der Waals surface area contributed by atoms with Gasteiger partial charge in [0.25, 0.3) is 5.91 Å². The van der Waals surface area contributed by atoms with E-state index in [0.29, 0.717) is 23.6 Å². The molecule has 2 fully saturated rings. The number of aryl methyl sites for hydroxylation is 1. The van der Waals surface area contributed by atoms with Gasteiger partial charge in [0.05, 0.1) is 5.56 Å². The molecule has 7 nitrogen and oxygen atoms in total. The maximum absolute atomic E-state index is 13.1. The minimum atomic E-state index is 0.0716. The Bertz CT molecular complexity index is 730. The molecule has 2 aromatic rings. The Morgan fingerprint density at radius 3 is 2.48 bits per heavy atom. The molecule has 0 radical (unpaired) electrons. The molecule has 0 aromatic carbocycles. The molecule has 0 unspecified atom stereocenters. The van der Waals surface area contributed by atoms with E-state index in [-0.39, 0.29) is 5.91 Å². The summed E-state index contributed by atoms with van der Waals surface area (Å²) >= 11 is 0. The molecule has 1 saturated carbocycles. The molecule has 1 aliphatic heterocycles. The van der Waals surface area contributed by atoms with Crippen LogP contribution in [0.5, 0.6) is 0 Å². The van der Waals surface area contributed by atoms with Gasteiger partial charge < -0.3 is 10.2 Å². The van der Waals surface area contributed by atoms with E-state index < -0.39 is 0 Å². The third-order valence-electron chi connectivity index (χ3n) is 5.01. The Hall–Kier alpha value is -2.28. The van der Waals surface area contributed by atoms with Crippen LogP contribution in [0.15, 0.2) is 24.8 Å². The van der Waals surface area contributed by atoms with Gasteiger partial charge in [-0.25, -0.2) is 15.0 Å². The minimum absolute atomic E-state index is 0.0716. The van der Waals surface area contributed by atoms with Crippen LogP contribution in [0.4, 0.5) is 0 Å². The lowest BCUT2D eigenvalue weighted by atomic mass is 10.0. The monoisotopic (exact) mass is 340 g/mol. The molecule has 0 atom stereocenters. The molecule has 1 aliphatic carbocycles. The van der Waals surface area contributed by atoms with Crippen LogP contribution in [0, 0.1) is 0 Å². The van der Waals surface area contributed by atoms with Crippen LogP contribution in [0.3, 0.4) is 0 Å². The molecule has 1 amide bonds. The van der Waals surface area contributed by atoms with E-state index >= 15 is 0 Å². The van der Waals surface area contributed by atoms with Crippen LogP contribution in [0.1, 0.15) is 48.8 Å². The van der Waals surface area contributed by atoms with Gasteiger partial charge in [0.1, 0.15) is 5.82 Å². The lowest BCUT2D eigenvalue weighted by Gasteiger charge is -2.35. The van der Waals surface area contributed by atoms with Crippen LogP contribution < -0.4 is 5.32 Å². The highest BCUT2D eigenvalue weighted by Gasteiger charge is 2.38. The maximum atomic E-state index is 13.1. The van der Waals surface area contributed by atoms with Crippen LogP contribution in [-0.2, 0) is 6.42 Å². The highest BCUT2D eigenvalue weighted by atomic mass is 16.2. The zero-order valence-electron chi connectivity index (χ0n) is 14.6. The predicted molar refractivity (Wildman–Crippen MR) is 93.6 cm³/mol. The summed E-state index contributed by atoms with van der Waals surface area (Å²) in [5.41, 5.74) is 0.576. The Morgan fingerprint density at radius 2 is 1.84 bits per heavy atom. The molecule has 2 aliphatic rings. The van der Waals surface area contributed by atoms with Crippen molar-refractivity contribution < 1.29 is 4.79 Å². The number of amides is 1. The van der Waals surface area contributed by atoms with Gasteiger partial charge in [-0.1, -0.05) is 6.92 Å². The van der Waals surface area contributed by atoms with Crippen LogP contribution >= 0.6 is 0 Å². The third kappa shape index (κ3) is 3.28. The SMILES string of the molecule is CCc1nccn1-c1ncc(C(=O)N(C2CCNCC2)C2CC2)cn1. The molecule has 2 aromatic heterocycles. The molecule has 7 heteroatoms. The zero-order valence-corrected chi connectivity index (χ0v) is 14.6. The number of hydrogen-bond acceptors (Lipinski definition) is 5. The van der Waals surface area contributed by atoms with Crippen molar-refractivity contribution in [3.05, 3.63) is 36.2 Å². The largest absolute Gasteiger partial charge is 0.332 e. The van der Waals surface area contributed by atoms with E-state index in [4.69, 9.17) is 0 Å². The number of rotatable bonds is 5. The Labute approximate surface area is 147 Å². The number of aromatic nitrogens is 4. The van der Waals surface area contributed by atoms with Crippen molar-refractivity contribution in [2.75, 3.05) is 13.1 Å². The molecular weight excluding hydrogens is 316 g/mol. The second-order valence-electron chi connectivity index (χ2n) is 6.76. The highest BCUT2D eigenvalue weighted by Crippen LogP contribution is 2.32. The molecule has 1 N–H and O–H groups in total. The average Bonchev–Trinajstić information content (AvgIpc) is 3.38. The summed E-state index contributed by atoms with van der Waals surface area (Å²) in [5.74, 6) is 1.54. The summed E-state index contributed by atoms with van der Waals surface area (Å²) in [6.45, 7) is 4.01. The first-order valence-corrected chi connectivity index (χ1v) is 9.16. The van der Waals surface area contributed by atoms with Gasteiger partial charge >= 0.3 is 0 Å². The first-order chi connectivity index (χ1) is 12.3. The van der Waals surface area contributed by atoms with Crippen molar-refractivity contribution in [1.82, 2.24) is 29.7 Å². The number of carbonyl (C=O) groups is 1. The summed E-state index contributed by atoms with van der Waals surface area (Å²) in [5, 5.41) is 3.37. The molecule has 4 rings (SSSR count). The Morgan fingerprint density at radius 1 is 1.16 bits per heavy atom. The van der Waals surface area contributed by atoms with Crippen LogP contribution in [0.2, 0.25) is 0 Å². The topological polar surface area (TPSA) is 75.9 Å². The van der Waals surface area contributed by atoms with E-state index in [1.165, 1.54) is 0 Å². The summed E-state index contributed by atoms with van der Waals surface area (Å²) in [7, 11) is 0. The van der Waals surface area contributed by atoms with Crippen molar-refractivity contribution in [3.63, 3.8) is 0 Å². The lowest BCUT2D eigenvalue weighted by Crippen LogP contribution is -2.47. The fraction of sp³-hybridized carbons (Fsp3) is 0.556. The highest BCUT2D eigenvalue weighted by molar-refractivity contribution is 5.94. The summed E-state index contributed by atoms with van der Waals surface area (Å²) in [4.78, 5) is 28.3. The summed E-state index contributed by atoms with van der Waals surface area (Å²) in [6, 6.07) is 0.733. The van der Waals surface area contributed by atoms with Gasteiger partial charge in [-0.2, -0.15) is 0 Å². The maximum Gasteiger partial charge on any atom is 0.257 e. The van der Waals surface area contributed by atoms with Crippen molar-refractivity contribution in [3.8, 4) is 5.95 Å². The second-order valence-corrected chi connectivity index (χ2v) is 6.76. The predicted octanol–water partition coefficient (Wildman–Crippen LogP) is 1.58. The van der Waals surface area contributed by atoms with Crippen molar-refractivity contribution in [1.29, 1.82) is 0 Å². The van der Waals surface area contributed by atoms with Gasteiger partial charge in [-0.05, 0) is 38.8 Å². The summed E-state index contributed by atoms with van der Waals surface area (Å²) < 4.78 is 1.86. The molecule has 25 heavy (non-hydrogen) atoms. The first kappa shape index (κ1) is 16.2. The number of carbonyl (C=O) groups excluding carboxylic acids is 1. The van der Waals surface area contributed by atoms with E-state index in [9.17, 15) is 4.79 Å². The number of imidazole rings is 1. The number of nitrogens with zero attached hydrogens (tertiary/aromatic N) is 5. The normalized spacial score (nSPS) is 18.3. The van der Waals surface area contributed by atoms with Crippen molar-refractivity contribution in [2.24, 2.45) is 0 Å². The van der Waals surface area contributed by atoms with Crippen LogP contribution in [-0.4, -0.2) is 55.5 Å². The van der Waals surface area contributed by atoms with Crippen molar-refractivity contribution in [2.45, 2.75) is 51.1 Å². The van der Waals surface area contributed by atoms with E-state index in [2.05, 4.69) is 25.2 Å². The Balaban J connectivity index is 1.55. The quantitative estimate of drug-likeness (QED) is 0.894. The van der Waals surface area contributed by atoms with Gasteiger partial charge in [-0.15, -0.1) is 0 Å². The van der Waals surface area contributed by atoms with E-state index in [1.54, 1.807) is 18.6 Å². The van der Waals surface area contributed by atoms with Gasteiger partial charge in [0.15, 0.2) is 0 Å². The molecule has 0 bridgehead atoms. The van der Waals surface area contributed by atoms with Gasteiger partial charge in [-0.3, -0.25) is 9.36 Å². The third-order valence-corrected chi connectivity index (χ3v) is 5.01. The lowest BCUT2D eigenvalue weighted by molar-refractivity contribution is 0.0622. The molecule has 0 spiro atoms.